The topological polar surface area (TPSA) is 82.5 Å². The van der Waals surface area contributed by atoms with E-state index in [-0.39, 0.29) is 11.6 Å². The highest BCUT2D eigenvalue weighted by Gasteiger charge is 2.12. The number of amides is 2. The Kier molecular flexibility index (Phi) is 4.54. The van der Waals surface area contributed by atoms with Gasteiger partial charge in [-0.15, -0.1) is 11.3 Å². The summed E-state index contributed by atoms with van der Waals surface area (Å²) >= 11 is 1.48. The zero-order chi connectivity index (χ0) is 15.4. The Labute approximate surface area is 126 Å². The Bertz CT molecular complexity index is 655. The number of hydrogen-bond donors (Lipinski definition) is 2. The molecule has 21 heavy (non-hydrogen) atoms. The summed E-state index contributed by atoms with van der Waals surface area (Å²) in [5, 5.41) is 13.6. The molecular formula is C14H15N3O3S. The molecule has 0 fully saturated rings. The van der Waals surface area contributed by atoms with Crippen molar-refractivity contribution in [2.24, 2.45) is 0 Å². The fourth-order valence-electron chi connectivity index (χ4n) is 1.83. The molecule has 0 unspecified atom stereocenters. The molecule has 0 aliphatic carbocycles. The first-order valence-electron chi connectivity index (χ1n) is 6.20. The number of urea groups is 1. The molecule has 1 aromatic carbocycles. The van der Waals surface area contributed by atoms with Gasteiger partial charge in [0.15, 0.2) is 0 Å². The Hall–Kier alpha value is -2.41. The number of carbonyl (C=O) groups excluding carboxylic acids is 1. The van der Waals surface area contributed by atoms with Gasteiger partial charge in [-0.1, -0.05) is 0 Å². The molecule has 2 rings (SSSR count). The van der Waals surface area contributed by atoms with Crippen molar-refractivity contribution < 1.29 is 14.7 Å². The summed E-state index contributed by atoms with van der Waals surface area (Å²) in [4.78, 5) is 28.6. The van der Waals surface area contributed by atoms with Crippen LogP contribution < -0.4 is 5.32 Å². The van der Waals surface area contributed by atoms with Gasteiger partial charge in [0, 0.05) is 18.1 Å². The summed E-state index contributed by atoms with van der Waals surface area (Å²) in [5.41, 5.74) is 3.93. The van der Waals surface area contributed by atoms with E-state index in [1.165, 1.54) is 22.3 Å². The van der Waals surface area contributed by atoms with Crippen LogP contribution in [0.25, 0.3) is 0 Å². The molecule has 0 bridgehead atoms. The molecule has 0 aliphatic heterocycles. The molecule has 0 saturated carbocycles. The second-order valence-corrected chi connectivity index (χ2v) is 5.32. The largest absolute Gasteiger partial charge is 0.478 e. The molecule has 0 radical (unpaired) electrons. The van der Waals surface area contributed by atoms with Gasteiger partial charge in [0.05, 0.1) is 23.3 Å². The molecule has 1 aromatic heterocycles. The summed E-state index contributed by atoms with van der Waals surface area (Å²) in [7, 11) is 1.67. The summed E-state index contributed by atoms with van der Waals surface area (Å²) in [6.45, 7) is 2.11. The number of nitrogens with zero attached hydrogens (tertiary/aromatic N) is 2. The highest BCUT2D eigenvalue weighted by Crippen LogP contribution is 2.16. The Morgan fingerprint density at radius 1 is 1.43 bits per heavy atom. The first-order chi connectivity index (χ1) is 9.97. The van der Waals surface area contributed by atoms with E-state index < -0.39 is 5.97 Å². The molecule has 110 valence electrons. The maximum atomic E-state index is 12.0. The van der Waals surface area contributed by atoms with Crippen LogP contribution >= 0.6 is 11.3 Å². The molecule has 0 atom stereocenters. The minimum Gasteiger partial charge on any atom is -0.478 e. The van der Waals surface area contributed by atoms with Crippen molar-refractivity contribution in [1.82, 2.24) is 9.88 Å². The third kappa shape index (κ3) is 3.79. The van der Waals surface area contributed by atoms with E-state index in [1.807, 2.05) is 5.38 Å². The molecule has 2 amide bonds. The van der Waals surface area contributed by atoms with Gasteiger partial charge in [0.1, 0.15) is 0 Å². The fourth-order valence-corrected chi connectivity index (χ4v) is 2.38. The molecule has 0 aliphatic rings. The van der Waals surface area contributed by atoms with E-state index in [1.54, 1.807) is 31.6 Å². The standard InChI is InChI=1S/C14H15N3O3S/c1-9-5-10(3-4-12(9)13(18)19)16-14(20)17(2)6-11-7-21-8-15-11/h3-5,7-8H,6H2,1-2H3,(H,16,20)(H,18,19). The van der Waals surface area contributed by atoms with Gasteiger partial charge in [-0.25, -0.2) is 14.6 Å². The first kappa shape index (κ1) is 15.0. The second kappa shape index (κ2) is 6.36. The zero-order valence-electron chi connectivity index (χ0n) is 11.7. The number of benzene rings is 1. The number of thiazole rings is 1. The van der Waals surface area contributed by atoms with Gasteiger partial charge in [-0.3, -0.25) is 0 Å². The minimum absolute atomic E-state index is 0.226. The lowest BCUT2D eigenvalue weighted by Crippen LogP contribution is -2.31. The summed E-state index contributed by atoms with van der Waals surface area (Å²) in [6.07, 6.45) is 0. The molecule has 0 spiro atoms. The maximum absolute atomic E-state index is 12.0. The van der Waals surface area contributed by atoms with E-state index in [0.29, 0.717) is 17.8 Å². The van der Waals surface area contributed by atoms with Crippen LogP contribution in [0.2, 0.25) is 0 Å². The van der Waals surface area contributed by atoms with E-state index >= 15 is 0 Å². The lowest BCUT2D eigenvalue weighted by molar-refractivity contribution is 0.0696. The number of rotatable bonds is 4. The van der Waals surface area contributed by atoms with Gasteiger partial charge >= 0.3 is 12.0 Å². The van der Waals surface area contributed by atoms with Crippen LogP contribution in [0, 0.1) is 6.92 Å². The number of anilines is 1. The van der Waals surface area contributed by atoms with E-state index in [9.17, 15) is 9.59 Å². The highest BCUT2D eigenvalue weighted by molar-refractivity contribution is 7.07. The van der Waals surface area contributed by atoms with E-state index in [4.69, 9.17) is 5.11 Å². The average Bonchev–Trinajstić information content (AvgIpc) is 2.91. The minimum atomic E-state index is -0.981. The van der Waals surface area contributed by atoms with Crippen molar-refractivity contribution in [1.29, 1.82) is 0 Å². The molecule has 2 N–H and O–H groups in total. The smallest absolute Gasteiger partial charge is 0.335 e. The quantitative estimate of drug-likeness (QED) is 0.910. The monoisotopic (exact) mass is 305 g/mol. The van der Waals surface area contributed by atoms with Crippen molar-refractivity contribution in [3.63, 3.8) is 0 Å². The van der Waals surface area contributed by atoms with Crippen molar-refractivity contribution in [2.45, 2.75) is 13.5 Å². The molecular weight excluding hydrogens is 290 g/mol. The molecule has 2 aromatic rings. The van der Waals surface area contributed by atoms with Crippen LogP contribution in [0.3, 0.4) is 0 Å². The van der Waals surface area contributed by atoms with Crippen LogP contribution in [-0.4, -0.2) is 34.0 Å². The highest BCUT2D eigenvalue weighted by atomic mass is 32.1. The number of aromatic carboxylic acids is 1. The van der Waals surface area contributed by atoms with Crippen LogP contribution in [-0.2, 0) is 6.54 Å². The third-order valence-electron chi connectivity index (χ3n) is 2.94. The van der Waals surface area contributed by atoms with E-state index in [0.717, 1.165) is 5.69 Å². The van der Waals surface area contributed by atoms with E-state index in [2.05, 4.69) is 10.3 Å². The molecule has 7 heteroatoms. The summed E-state index contributed by atoms with van der Waals surface area (Å²) in [5.74, 6) is -0.981. The lowest BCUT2D eigenvalue weighted by Gasteiger charge is -2.17. The van der Waals surface area contributed by atoms with Crippen molar-refractivity contribution in [3.8, 4) is 0 Å². The number of hydrogen-bond acceptors (Lipinski definition) is 4. The molecule has 6 nitrogen and oxygen atoms in total. The number of carboxylic acid groups (broad SMARTS) is 1. The fraction of sp³-hybridized carbons (Fsp3) is 0.214. The third-order valence-corrected chi connectivity index (χ3v) is 3.57. The van der Waals surface area contributed by atoms with Gasteiger partial charge in [-0.2, -0.15) is 0 Å². The Morgan fingerprint density at radius 3 is 2.76 bits per heavy atom. The van der Waals surface area contributed by atoms with Gasteiger partial charge in [0.25, 0.3) is 0 Å². The van der Waals surface area contributed by atoms with Crippen LogP contribution in [0.15, 0.2) is 29.1 Å². The van der Waals surface area contributed by atoms with Gasteiger partial charge < -0.3 is 15.3 Å². The first-order valence-corrected chi connectivity index (χ1v) is 7.15. The van der Waals surface area contributed by atoms with Crippen molar-refractivity contribution >= 4 is 29.0 Å². The van der Waals surface area contributed by atoms with Crippen LogP contribution in [0.4, 0.5) is 10.5 Å². The number of aryl methyl sites for hydroxylation is 1. The number of carboxylic acids is 1. The maximum Gasteiger partial charge on any atom is 0.335 e. The number of nitrogens with one attached hydrogen (secondary N) is 1. The van der Waals surface area contributed by atoms with Crippen molar-refractivity contribution in [3.05, 3.63) is 45.9 Å². The number of aromatic nitrogens is 1. The molecule has 0 saturated heterocycles. The second-order valence-electron chi connectivity index (χ2n) is 4.60. The van der Waals surface area contributed by atoms with Crippen LogP contribution in [0.1, 0.15) is 21.6 Å². The van der Waals surface area contributed by atoms with Gasteiger partial charge in [-0.05, 0) is 30.7 Å². The summed E-state index contributed by atoms with van der Waals surface area (Å²) < 4.78 is 0. The zero-order valence-corrected chi connectivity index (χ0v) is 12.5. The summed E-state index contributed by atoms with van der Waals surface area (Å²) in [6, 6.07) is 4.42. The number of carbonyl (C=O) groups is 2. The van der Waals surface area contributed by atoms with Crippen molar-refractivity contribution in [2.75, 3.05) is 12.4 Å². The molecule has 1 heterocycles. The van der Waals surface area contributed by atoms with Gasteiger partial charge in [0.2, 0.25) is 0 Å². The average molecular weight is 305 g/mol. The normalized spacial score (nSPS) is 10.2. The predicted molar refractivity (Wildman–Crippen MR) is 80.7 cm³/mol. The lowest BCUT2D eigenvalue weighted by atomic mass is 10.1. The SMILES string of the molecule is Cc1cc(NC(=O)N(C)Cc2cscn2)ccc1C(=O)O. The Balaban J connectivity index is 2.02. The Morgan fingerprint density at radius 2 is 2.19 bits per heavy atom. The predicted octanol–water partition coefficient (Wildman–Crippen LogP) is 2.81. The van der Waals surface area contributed by atoms with Crippen LogP contribution in [0.5, 0.6) is 0 Å².